The molecule has 0 saturated carbocycles. The van der Waals surface area contributed by atoms with Crippen LogP contribution >= 0.6 is 95.6 Å². The summed E-state index contributed by atoms with van der Waals surface area (Å²) in [5.41, 5.74) is -5.65. The highest BCUT2D eigenvalue weighted by atomic mass is 79.9. The highest BCUT2D eigenvalue weighted by Crippen LogP contribution is 2.30. The Kier molecular flexibility index (Phi) is 20.5. The minimum absolute atomic E-state index is 0.0146. The molecule has 1 heterocycles. The van der Waals surface area contributed by atoms with E-state index in [1.165, 1.54) is 14.7 Å². The van der Waals surface area contributed by atoms with Gasteiger partial charge >= 0.3 is 5.51 Å². The molecule has 3 aromatic carbocycles. The van der Waals surface area contributed by atoms with Crippen molar-refractivity contribution in [3.8, 4) is 0 Å². The summed E-state index contributed by atoms with van der Waals surface area (Å²) < 4.78 is 58.9. The fourth-order valence-electron chi connectivity index (χ4n) is 3.63. The normalized spacial score (nSPS) is 13.4. The second kappa shape index (κ2) is 22.5. The van der Waals surface area contributed by atoms with Gasteiger partial charge in [-0.05, 0) is 36.4 Å². The molecule has 4 rings (SSSR count). The lowest BCUT2D eigenvalue weighted by Gasteiger charge is -2.12. The van der Waals surface area contributed by atoms with E-state index in [-0.39, 0.29) is 10.9 Å². The van der Waals surface area contributed by atoms with Gasteiger partial charge in [-0.25, -0.2) is 23.4 Å². The summed E-state index contributed by atoms with van der Waals surface area (Å²) in [4.78, 5) is 18.8. The van der Waals surface area contributed by atoms with E-state index in [2.05, 4.69) is 202 Å². The van der Waals surface area contributed by atoms with Crippen LogP contribution in [0.4, 0.5) is 13.2 Å². The van der Waals surface area contributed by atoms with Crippen LogP contribution in [0.3, 0.4) is 0 Å². The number of hydrogen-bond acceptors (Lipinski definition) is 6. The number of nitrogens with zero attached hydrogens (tertiary/aromatic N) is 3. The van der Waals surface area contributed by atoms with Crippen LogP contribution < -0.4 is 0 Å². The van der Waals surface area contributed by atoms with Crippen LogP contribution in [0.2, 0.25) is 0 Å². The molecule has 0 amide bonds. The van der Waals surface area contributed by atoms with Crippen LogP contribution in [0.5, 0.6) is 0 Å². The van der Waals surface area contributed by atoms with Gasteiger partial charge in [0.15, 0.2) is 24.8 Å². The molecule has 0 aliphatic carbocycles. The number of aromatic nitrogens is 3. The third-order valence-corrected chi connectivity index (χ3v) is 15.4. The first-order valence-electron chi connectivity index (χ1n) is 13.9. The molecule has 48 heavy (non-hydrogen) atoms. The van der Waals surface area contributed by atoms with Crippen molar-refractivity contribution < 1.29 is 26.1 Å². The topological polar surface area (TPSA) is 95.9 Å². The van der Waals surface area contributed by atoms with E-state index in [9.17, 15) is 13.2 Å². The van der Waals surface area contributed by atoms with E-state index in [1.807, 2.05) is 0 Å². The molecule has 3 unspecified atom stereocenters. The molecule has 0 N–H and O–H groups in total. The van der Waals surface area contributed by atoms with Crippen molar-refractivity contribution in [1.82, 2.24) is 15.0 Å². The monoisotopic (exact) mass is 1090 g/mol. The van der Waals surface area contributed by atoms with Gasteiger partial charge in [0.25, 0.3) is 0 Å². The number of halogens is 9. The van der Waals surface area contributed by atoms with Crippen LogP contribution in [0.25, 0.3) is 0 Å². The SMILES string of the molecule is BrCC(Br)Cc1nc(CC(Br)CBr)nc(CC(Br)CBr)n1.O=S(=O)([O-])C(F)(F)F.c1ccc([S+](c2ccccc2)c2ccccc2)cc1. The molecule has 3 atom stereocenters. The van der Waals surface area contributed by atoms with Crippen molar-refractivity contribution in [1.29, 1.82) is 0 Å². The maximum Gasteiger partial charge on any atom is 0.485 e. The maximum atomic E-state index is 10.7. The Labute approximate surface area is 332 Å². The standard InChI is InChI=1S/C18H15S.C12H15Br6N3.CHF3O3S/c1-4-10-16(11-5-1)19(17-12-6-2-7-13-17)18-14-8-3-9-15-18;13-4-7(16)1-10-19-11(2-8(17)5-14)21-12(20-10)3-9(18)6-15;2-1(3,4)8(5,6)7/h1-15H;7-9H,1-6H2;(H,5,6,7)/q+1;;/p-1. The van der Waals surface area contributed by atoms with Crippen LogP contribution in [-0.4, -0.2) is 63.9 Å². The predicted molar refractivity (Wildman–Crippen MR) is 208 cm³/mol. The first kappa shape index (κ1) is 43.8. The summed E-state index contributed by atoms with van der Waals surface area (Å²) in [5.74, 6) is 2.54. The van der Waals surface area contributed by atoms with Crippen LogP contribution in [0.15, 0.2) is 106 Å². The lowest BCUT2D eigenvalue weighted by molar-refractivity contribution is -0.0517. The third kappa shape index (κ3) is 16.3. The van der Waals surface area contributed by atoms with Gasteiger partial charge in [0.2, 0.25) is 0 Å². The molecule has 262 valence electrons. The van der Waals surface area contributed by atoms with Gasteiger partial charge in [0.05, 0.1) is 10.9 Å². The third-order valence-electron chi connectivity index (χ3n) is 5.71. The molecular formula is C31H30Br6F3N3O3S2. The van der Waals surface area contributed by atoms with Crippen molar-refractivity contribution in [2.45, 2.75) is 53.9 Å². The number of benzene rings is 3. The molecule has 0 radical (unpaired) electrons. The van der Waals surface area contributed by atoms with Gasteiger partial charge in [-0.2, -0.15) is 13.2 Å². The molecule has 0 spiro atoms. The molecule has 0 bridgehead atoms. The van der Waals surface area contributed by atoms with Crippen LogP contribution in [0.1, 0.15) is 17.5 Å². The Balaban J connectivity index is 0.000000274. The van der Waals surface area contributed by atoms with E-state index >= 15 is 0 Å². The number of alkyl halides is 9. The van der Waals surface area contributed by atoms with E-state index < -0.39 is 15.6 Å². The molecule has 4 aromatic rings. The fourth-order valence-corrected chi connectivity index (χ4v) is 7.29. The van der Waals surface area contributed by atoms with Gasteiger partial charge in [0, 0.05) is 49.7 Å². The molecule has 0 aliphatic heterocycles. The first-order chi connectivity index (χ1) is 22.7. The Morgan fingerprint density at radius 1 is 0.583 bits per heavy atom. The summed E-state index contributed by atoms with van der Waals surface area (Å²) in [6.07, 6.45) is 2.36. The summed E-state index contributed by atoms with van der Waals surface area (Å²) in [6, 6.07) is 32.2. The zero-order chi connectivity index (χ0) is 35.7. The highest BCUT2D eigenvalue weighted by Gasteiger charge is 2.37. The number of hydrogen-bond donors (Lipinski definition) is 0. The minimum atomic E-state index is -6.09. The summed E-state index contributed by atoms with van der Waals surface area (Å²) in [5, 5.41) is 2.61. The lowest BCUT2D eigenvalue weighted by Crippen LogP contribution is -2.21. The molecule has 1 aromatic heterocycles. The van der Waals surface area contributed by atoms with Gasteiger partial charge in [-0.3, -0.25) is 0 Å². The highest BCUT2D eigenvalue weighted by molar-refractivity contribution is 9.12. The Hall–Kier alpha value is -0.400. The molecular weight excluding hydrogens is 1060 g/mol. The van der Waals surface area contributed by atoms with Crippen molar-refractivity contribution in [2.75, 3.05) is 16.0 Å². The summed E-state index contributed by atoms with van der Waals surface area (Å²) in [7, 11) is -6.10. The van der Waals surface area contributed by atoms with Gasteiger partial charge < -0.3 is 4.55 Å². The van der Waals surface area contributed by atoms with Crippen LogP contribution in [0, 0.1) is 0 Å². The van der Waals surface area contributed by atoms with Crippen molar-refractivity contribution in [2.24, 2.45) is 0 Å². The molecule has 0 saturated heterocycles. The minimum Gasteiger partial charge on any atom is -0.741 e. The second-order valence-electron chi connectivity index (χ2n) is 9.60. The molecule has 0 fully saturated rings. The zero-order valence-corrected chi connectivity index (χ0v) is 36.1. The van der Waals surface area contributed by atoms with E-state index in [0.29, 0.717) is 14.5 Å². The van der Waals surface area contributed by atoms with Crippen LogP contribution in [-0.2, 0) is 40.3 Å². The zero-order valence-electron chi connectivity index (χ0n) is 24.9. The lowest BCUT2D eigenvalue weighted by atomic mass is 10.2. The Bertz CT molecular complexity index is 1430. The second-order valence-corrected chi connectivity index (χ2v) is 18.8. The van der Waals surface area contributed by atoms with Gasteiger partial charge in [0.1, 0.15) is 17.5 Å². The fraction of sp³-hybridized carbons (Fsp3) is 0.323. The largest absolute Gasteiger partial charge is 0.741 e. The molecule has 17 heteroatoms. The van der Waals surface area contributed by atoms with E-state index in [0.717, 1.165) is 52.7 Å². The predicted octanol–water partition coefficient (Wildman–Crippen LogP) is 9.81. The maximum absolute atomic E-state index is 10.7. The van der Waals surface area contributed by atoms with Crippen molar-refractivity contribution in [3.05, 3.63) is 108 Å². The molecule has 6 nitrogen and oxygen atoms in total. The van der Waals surface area contributed by atoms with E-state index in [1.54, 1.807) is 0 Å². The van der Waals surface area contributed by atoms with Crippen molar-refractivity contribution in [3.63, 3.8) is 0 Å². The Morgan fingerprint density at radius 2 is 0.812 bits per heavy atom. The first-order valence-corrected chi connectivity index (χ1v) is 22.7. The average molecular weight is 1090 g/mol. The Morgan fingerprint density at radius 3 is 1.00 bits per heavy atom. The summed E-state index contributed by atoms with van der Waals surface area (Å²) >= 11 is 21.2. The van der Waals surface area contributed by atoms with Crippen molar-refractivity contribution >= 4 is 117 Å². The van der Waals surface area contributed by atoms with Gasteiger partial charge in [-0.1, -0.05) is 150 Å². The van der Waals surface area contributed by atoms with E-state index in [4.69, 9.17) is 13.0 Å². The van der Waals surface area contributed by atoms with Gasteiger partial charge in [-0.15, -0.1) is 0 Å². The average Bonchev–Trinajstić information content (AvgIpc) is 3.06. The smallest absolute Gasteiger partial charge is 0.485 e. The quantitative estimate of drug-likeness (QED) is 0.0607. The number of rotatable bonds is 12. The summed E-state index contributed by atoms with van der Waals surface area (Å²) in [6.45, 7) is 0. The molecule has 0 aliphatic rings.